The second-order valence-corrected chi connectivity index (χ2v) is 6.30. The number of piperazine rings is 1. The minimum atomic E-state index is -0.498. The van der Waals surface area contributed by atoms with E-state index in [-0.39, 0.29) is 23.7 Å². The molecule has 2 aromatic rings. The van der Waals surface area contributed by atoms with Gasteiger partial charge < -0.3 is 9.80 Å². The van der Waals surface area contributed by atoms with Crippen LogP contribution in [-0.4, -0.2) is 65.2 Å². The molecule has 0 radical (unpaired) electrons. The summed E-state index contributed by atoms with van der Waals surface area (Å²) in [6.45, 7) is 2.34. The van der Waals surface area contributed by atoms with Gasteiger partial charge in [-0.1, -0.05) is 18.2 Å². The maximum atomic E-state index is 12.6. The summed E-state index contributed by atoms with van der Waals surface area (Å²) in [5.74, 6) is -1.16. The zero-order valence-corrected chi connectivity index (χ0v) is 14.2. The Morgan fingerprint density at radius 2 is 1.65 bits per heavy atom. The van der Waals surface area contributed by atoms with Crippen LogP contribution in [0.3, 0.4) is 0 Å². The van der Waals surface area contributed by atoms with Crippen LogP contribution in [-0.2, 0) is 4.79 Å². The summed E-state index contributed by atoms with van der Waals surface area (Å²) >= 11 is 0. The molecule has 2 aliphatic heterocycles. The van der Waals surface area contributed by atoms with E-state index in [1.54, 1.807) is 17.0 Å². The lowest BCUT2D eigenvalue weighted by Gasteiger charge is -2.36. The highest BCUT2D eigenvalue weighted by Gasteiger charge is 2.38. The number of hydrogen-bond acceptors (Lipinski definition) is 5. The van der Waals surface area contributed by atoms with Gasteiger partial charge in [-0.25, -0.2) is 0 Å². The van der Waals surface area contributed by atoms with Crippen LogP contribution >= 0.6 is 0 Å². The Bertz CT molecular complexity index is 825. The average Bonchev–Trinajstić information content (AvgIpc) is 2.94. The van der Waals surface area contributed by atoms with E-state index >= 15 is 0 Å². The molecule has 0 atom stereocenters. The quantitative estimate of drug-likeness (QED) is 0.773. The van der Waals surface area contributed by atoms with Gasteiger partial charge in [-0.05, 0) is 24.3 Å². The Morgan fingerprint density at radius 1 is 0.923 bits per heavy atom. The van der Waals surface area contributed by atoms with Crippen LogP contribution in [0.4, 0.5) is 5.69 Å². The highest BCUT2D eigenvalue weighted by molar-refractivity contribution is 6.21. The molecule has 1 aromatic carbocycles. The first-order valence-corrected chi connectivity index (χ1v) is 8.54. The number of anilines is 1. The monoisotopic (exact) mass is 350 g/mol. The molecule has 26 heavy (non-hydrogen) atoms. The molecular weight excluding hydrogens is 332 g/mol. The van der Waals surface area contributed by atoms with Gasteiger partial charge in [0.05, 0.1) is 5.56 Å². The van der Waals surface area contributed by atoms with Gasteiger partial charge in [0.2, 0.25) is 5.91 Å². The van der Waals surface area contributed by atoms with E-state index in [1.165, 1.54) is 6.20 Å². The topological polar surface area (TPSA) is 73.8 Å². The van der Waals surface area contributed by atoms with Crippen LogP contribution in [0.1, 0.15) is 20.8 Å². The number of fused-ring (bicyclic) bond motifs is 1. The molecule has 0 unspecified atom stereocenters. The number of pyridine rings is 1. The van der Waals surface area contributed by atoms with E-state index in [0.29, 0.717) is 13.1 Å². The highest BCUT2D eigenvalue weighted by Crippen LogP contribution is 2.21. The molecule has 1 fully saturated rings. The molecule has 1 aromatic heterocycles. The number of carbonyl (C=O) groups excluding carboxylic acids is 3. The molecule has 0 aliphatic carbocycles. The van der Waals surface area contributed by atoms with Crippen LogP contribution in [0.5, 0.6) is 0 Å². The van der Waals surface area contributed by atoms with E-state index in [4.69, 9.17) is 0 Å². The zero-order valence-electron chi connectivity index (χ0n) is 14.2. The van der Waals surface area contributed by atoms with Crippen LogP contribution in [0.2, 0.25) is 0 Å². The number of aromatic nitrogens is 1. The van der Waals surface area contributed by atoms with Crippen LogP contribution < -0.4 is 4.90 Å². The van der Waals surface area contributed by atoms with Gasteiger partial charge in [-0.15, -0.1) is 0 Å². The number of nitrogens with zero attached hydrogens (tertiary/aromatic N) is 4. The maximum absolute atomic E-state index is 12.6. The lowest BCUT2D eigenvalue weighted by Crippen LogP contribution is -2.51. The Balaban J connectivity index is 1.38. The van der Waals surface area contributed by atoms with Gasteiger partial charge in [-0.2, -0.15) is 0 Å². The van der Waals surface area contributed by atoms with Crippen LogP contribution in [0.15, 0.2) is 48.7 Å². The van der Waals surface area contributed by atoms with Gasteiger partial charge in [0.15, 0.2) is 0 Å². The average molecular weight is 350 g/mol. The van der Waals surface area contributed by atoms with Gasteiger partial charge >= 0.3 is 0 Å². The lowest BCUT2D eigenvalue weighted by molar-refractivity contribution is -0.131. The molecule has 132 valence electrons. The largest absolute Gasteiger partial charge is 0.368 e. The van der Waals surface area contributed by atoms with Crippen molar-refractivity contribution in [1.82, 2.24) is 14.8 Å². The van der Waals surface area contributed by atoms with Crippen LogP contribution in [0.25, 0.3) is 0 Å². The fourth-order valence-corrected chi connectivity index (χ4v) is 3.35. The summed E-state index contributed by atoms with van der Waals surface area (Å²) in [6, 6.07) is 13.2. The summed E-state index contributed by atoms with van der Waals surface area (Å²) in [5.41, 5.74) is 1.52. The summed E-state index contributed by atoms with van der Waals surface area (Å²) in [7, 11) is 0. The standard InChI is InChI=1S/C19H18N4O3/c24-16(13-23-18(25)15-7-4-8-20-17(15)19(23)26)22-11-9-21(10-12-22)14-5-2-1-3-6-14/h1-8H,9-13H2. The van der Waals surface area contributed by atoms with Crippen molar-refractivity contribution in [2.45, 2.75) is 0 Å². The maximum Gasteiger partial charge on any atom is 0.280 e. The molecule has 7 heteroatoms. The number of amides is 3. The van der Waals surface area contributed by atoms with Crippen molar-refractivity contribution in [3.63, 3.8) is 0 Å². The highest BCUT2D eigenvalue weighted by atomic mass is 16.2. The summed E-state index contributed by atoms with van der Waals surface area (Å²) in [6.07, 6.45) is 1.47. The van der Waals surface area contributed by atoms with Crippen molar-refractivity contribution < 1.29 is 14.4 Å². The Labute approximate surface area is 150 Å². The number of hydrogen-bond donors (Lipinski definition) is 0. The molecular formula is C19H18N4O3. The van der Waals surface area contributed by atoms with Crippen molar-refractivity contribution >= 4 is 23.4 Å². The minimum absolute atomic E-state index is 0.124. The Morgan fingerprint density at radius 3 is 2.35 bits per heavy atom. The number of carbonyl (C=O) groups is 3. The molecule has 0 saturated carbocycles. The Kier molecular flexibility index (Phi) is 4.12. The number of para-hydroxylation sites is 1. The van der Waals surface area contributed by atoms with E-state index in [2.05, 4.69) is 9.88 Å². The third-order valence-electron chi connectivity index (χ3n) is 4.78. The van der Waals surface area contributed by atoms with Gasteiger partial charge in [0.25, 0.3) is 11.8 Å². The second-order valence-electron chi connectivity index (χ2n) is 6.30. The zero-order chi connectivity index (χ0) is 18.1. The van der Waals surface area contributed by atoms with E-state index < -0.39 is 11.8 Å². The molecule has 4 rings (SSSR count). The second kappa shape index (κ2) is 6.59. The molecule has 3 amide bonds. The van der Waals surface area contributed by atoms with Crippen molar-refractivity contribution in [1.29, 1.82) is 0 Å². The molecule has 0 N–H and O–H groups in total. The third kappa shape index (κ3) is 2.81. The molecule has 0 bridgehead atoms. The van der Waals surface area contributed by atoms with Gasteiger partial charge in [0, 0.05) is 38.1 Å². The predicted octanol–water partition coefficient (Wildman–Crippen LogP) is 1.03. The number of imide groups is 1. The smallest absolute Gasteiger partial charge is 0.280 e. The molecule has 1 saturated heterocycles. The van der Waals surface area contributed by atoms with E-state index in [0.717, 1.165) is 23.7 Å². The summed E-state index contributed by atoms with van der Waals surface area (Å²) in [4.78, 5) is 46.1. The van der Waals surface area contributed by atoms with Crippen molar-refractivity contribution in [2.75, 3.05) is 37.6 Å². The summed E-state index contributed by atoms with van der Waals surface area (Å²) < 4.78 is 0. The number of benzene rings is 1. The fraction of sp³-hybridized carbons (Fsp3) is 0.263. The van der Waals surface area contributed by atoms with E-state index in [9.17, 15) is 14.4 Å². The first-order chi connectivity index (χ1) is 12.6. The predicted molar refractivity (Wildman–Crippen MR) is 94.8 cm³/mol. The number of rotatable bonds is 3. The SMILES string of the molecule is O=C(CN1C(=O)c2cccnc2C1=O)N1CCN(c2ccccc2)CC1. The molecule has 7 nitrogen and oxygen atoms in total. The molecule has 2 aliphatic rings. The van der Waals surface area contributed by atoms with Gasteiger partial charge in [-0.3, -0.25) is 24.3 Å². The molecule has 0 spiro atoms. The fourth-order valence-electron chi connectivity index (χ4n) is 3.35. The first-order valence-electron chi connectivity index (χ1n) is 8.54. The van der Waals surface area contributed by atoms with Crippen LogP contribution in [0, 0.1) is 0 Å². The summed E-state index contributed by atoms with van der Waals surface area (Å²) in [5, 5.41) is 0. The lowest BCUT2D eigenvalue weighted by atomic mass is 10.2. The first kappa shape index (κ1) is 16.3. The normalized spacial score (nSPS) is 16.8. The molecule has 3 heterocycles. The van der Waals surface area contributed by atoms with Gasteiger partial charge in [0.1, 0.15) is 12.2 Å². The van der Waals surface area contributed by atoms with Crippen molar-refractivity contribution in [3.8, 4) is 0 Å². The minimum Gasteiger partial charge on any atom is -0.368 e. The van der Waals surface area contributed by atoms with E-state index in [1.807, 2.05) is 30.3 Å². The van der Waals surface area contributed by atoms with Crippen molar-refractivity contribution in [3.05, 3.63) is 59.9 Å². The van der Waals surface area contributed by atoms with Crippen molar-refractivity contribution in [2.24, 2.45) is 0 Å². The Hall–Kier alpha value is -3.22. The third-order valence-corrected chi connectivity index (χ3v) is 4.78.